The SMILES string of the molecule is Cc1[nH]c(/C=N/N=C2\C(=O)Nc3ccc(F)cc32)c(C)c1C(=O)NCCCCCCNc1ccc(C(=O)Nc2ccccc2N)cn1. The van der Waals surface area contributed by atoms with Crippen LogP contribution in [-0.4, -0.2) is 52.7 Å². The normalized spacial score (nSPS) is 13.1. The lowest BCUT2D eigenvalue weighted by Crippen LogP contribution is -2.25. The summed E-state index contributed by atoms with van der Waals surface area (Å²) in [7, 11) is 0. The second-order valence-corrected chi connectivity index (χ2v) is 11.1. The Balaban J connectivity index is 1.01. The maximum absolute atomic E-state index is 13.7. The summed E-state index contributed by atoms with van der Waals surface area (Å²) in [6.45, 7) is 4.89. The van der Waals surface area contributed by atoms with Gasteiger partial charge in [-0.05, 0) is 74.7 Å². The van der Waals surface area contributed by atoms with Crippen molar-refractivity contribution in [3.8, 4) is 0 Å². The molecule has 0 aliphatic carbocycles. The Kier molecular flexibility index (Phi) is 10.4. The molecule has 0 unspecified atom stereocenters. The van der Waals surface area contributed by atoms with E-state index in [0.717, 1.165) is 32.2 Å². The number of hydrogen-bond acceptors (Lipinski definition) is 8. The monoisotopic (exact) mass is 637 g/mol. The quantitative estimate of drug-likeness (QED) is 0.0509. The van der Waals surface area contributed by atoms with Gasteiger partial charge in [-0.3, -0.25) is 14.4 Å². The summed E-state index contributed by atoms with van der Waals surface area (Å²) in [6.07, 6.45) is 6.64. The van der Waals surface area contributed by atoms with Crippen molar-refractivity contribution in [3.05, 3.63) is 100 Å². The maximum atomic E-state index is 13.7. The van der Waals surface area contributed by atoms with Gasteiger partial charge >= 0.3 is 0 Å². The lowest BCUT2D eigenvalue weighted by molar-refractivity contribution is -0.110. The number of aryl methyl sites for hydroxylation is 1. The average molecular weight is 638 g/mol. The lowest BCUT2D eigenvalue weighted by Gasteiger charge is -2.09. The topological polar surface area (TPSA) is 179 Å². The van der Waals surface area contributed by atoms with Crippen molar-refractivity contribution >= 4 is 52.5 Å². The highest BCUT2D eigenvalue weighted by Gasteiger charge is 2.26. The van der Waals surface area contributed by atoms with Gasteiger partial charge in [-0.1, -0.05) is 25.0 Å². The summed E-state index contributed by atoms with van der Waals surface area (Å²) < 4.78 is 13.7. The minimum absolute atomic E-state index is 0.0213. The molecule has 12 nitrogen and oxygen atoms in total. The molecular weight excluding hydrogens is 601 g/mol. The third-order valence-corrected chi connectivity index (χ3v) is 7.68. The minimum Gasteiger partial charge on any atom is -0.397 e. The van der Waals surface area contributed by atoms with Crippen LogP contribution in [0, 0.1) is 19.7 Å². The fraction of sp³-hybridized carbons (Fsp3) is 0.235. The molecule has 0 saturated heterocycles. The summed E-state index contributed by atoms with van der Waals surface area (Å²) >= 11 is 0. The number of hydrogen-bond donors (Lipinski definition) is 6. The number of para-hydroxylation sites is 2. The van der Waals surface area contributed by atoms with Crippen molar-refractivity contribution in [3.63, 3.8) is 0 Å². The molecule has 1 aliphatic heterocycles. The van der Waals surface area contributed by atoms with Crippen LogP contribution in [0.15, 0.2) is 71.0 Å². The van der Waals surface area contributed by atoms with Gasteiger partial charge in [-0.25, -0.2) is 9.37 Å². The molecule has 0 spiro atoms. The largest absolute Gasteiger partial charge is 0.397 e. The summed E-state index contributed by atoms with van der Waals surface area (Å²) in [5.41, 5.74) is 10.7. The molecule has 0 saturated carbocycles. The highest BCUT2D eigenvalue weighted by molar-refractivity contribution is 6.53. The first kappa shape index (κ1) is 32.5. The highest BCUT2D eigenvalue weighted by Crippen LogP contribution is 2.24. The number of nitrogens with zero attached hydrogens (tertiary/aromatic N) is 3. The molecule has 3 heterocycles. The first-order valence-electron chi connectivity index (χ1n) is 15.3. The van der Waals surface area contributed by atoms with Crippen molar-refractivity contribution in [2.75, 3.05) is 34.8 Å². The van der Waals surface area contributed by atoms with Gasteiger partial charge in [-0.2, -0.15) is 5.10 Å². The summed E-state index contributed by atoms with van der Waals surface area (Å²) in [6, 6.07) is 14.5. The van der Waals surface area contributed by atoms with Crippen LogP contribution in [0.25, 0.3) is 0 Å². The van der Waals surface area contributed by atoms with Crippen molar-refractivity contribution in [2.45, 2.75) is 39.5 Å². The molecule has 0 fully saturated rings. The number of nitrogens with two attached hydrogens (primary N) is 1. The number of carbonyl (C=O) groups is 3. The Morgan fingerprint density at radius 3 is 2.55 bits per heavy atom. The zero-order valence-corrected chi connectivity index (χ0v) is 26.1. The number of anilines is 4. The van der Waals surface area contributed by atoms with E-state index in [4.69, 9.17) is 5.73 Å². The molecule has 0 atom stereocenters. The van der Waals surface area contributed by atoms with Crippen LogP contribution < -0.4 is 27.0 Å². The Hall–Kier alpha value is -5.85. The molecule has 3 amide bonds. The Morgan fingerprint density at radius 2 is 1.79 bits per heavy atom. The number of rotatable bonds is 13. The van der Waals surface area contributed by atoms with E-state index < -0.39 is 11.7 Å². The van der Waals surface area contributed by atoms with E-state index in [0.29, 0.717) is 63.1 Å². The van der Waals surface area contributed by atoms with Gasteiger partial charge < -0.3 is 32.0 Å². The van der Waals surface area contributed by atoms with Gasteiger partial charge in [0.2, 0.25) is 0 Å². The number of pyridine rings is 1. The second kappa shape index (κ2) is 15.0. The number of unbranched alkanes of at least 4 members (excludes halogenated alkanes) is 3. The van der Waals surface area contributed by atoms with E-state index in [1.165, 1.54) is 30.6 Å². The standard InChI is InChI=1S/C34H36FN9O3/c1-20-28(19-40-44-31-24-17-23(35)12-13-26(24)42-34(31)47)41-21(2)30(20)33(46)38-16-8-4-3-7-15-37-29-14-11-22(18-39-29)32(45)43-27-10-6-5-9-25(27)36/h5-6,9-14,17-19,41H,3-4,7-8,15-16,36H2,1-2H3,(H,37,39)(H,38,46)(H,43,45)(H,42,44,47)/b40-19+. The van der Waals surface area contributed by atoms with E-state index in [2.05, 4.69) is 41.4 Å². The first-order chi connectivity index (χ1) is 22.7. The van der Waals surface area contributed by atoms with Crippen molar-refractivity contribution in [1.82, 2.24) is 15.3 Å². The molecule has 47 heavy (non-hydrogen) atoms. The molecule has 0 bridgehead atoms. The number of nitrogen functional groups attached to an aromatic ring is 1. The number of amides is 3. The van der Waals surface area contributed by atoms with Gasteiger partial charge in [0.05, 0.1) is 40.1 Å². The predicted molar refractivity (Wildman–Crippen MR) is 182 cm³/mol. The van der Waals surface area contributed by atoms with Crippen molar-refractivity contribution in [1.29, 1.82) is 0 Å². The number of H-pyrrole nitrogens is 1. The number of fused-ring (bicyclic) bond motifs is 1. The second-order valence-electron chi connectivity index (χ2n) is 11.1. The number of aromatic amines is 1. The molecule has 1 aliphatic rings. The summed E-state index contributed by atoms with van der Waals surface area (Å²) in [5, 5.41) is 19.7. The van der Waals surface area contributed by atoms with Crippen molar-refractivity contribution in [2.24, 2.45) is 10.2 Å². The molecule has 13 heteroatoms. The Bertz CT molecular complexity index is 1850. The van der Waals surface area contributed by atoms with E-state index in [9.17, 15) is 18.8 Å². The zero-order valence-electron chi connectivity index (χ0n) is 26.1. The Morgan fingerprint density at radius 1 is 1.00 bits per heavy atom. The van der Waals surface area contributed by atoms with Gasteiger partial charge in [0, 0.05) is 30.5 Å². The van der Waals surface area contributed by atoms with Crippen LogP contribution in [-0.2, 0) is 4.79 Å². The van der Waals surface area contributed by atoms with E-state index in [1.54, 1.807) is 43.3 Å². The van der Waals surface area contributed by atoms with Gasteiger partial charge in [0.25, 0.3) is 17.7 Å². The van der Waals surface area contributed by atoms with Crippen LogP contribution in [0.4, 0.5) is 27.3 Å². The number of nitrogens with one attached hydrogen (secondary N) is 5. The number of halogens is 1. The summed E-state index contributed by atoms with van der Waals surface area (Å²) in [4.78, 5) is 45.1. The zero-order chi connectivity index (χ0) is 33.3. The highest BCUT2D eigenvalue weighted by atomic mass is 19.1. The molecular formula is C34H36FN9O3. The third kappa shape index (κ3) is 8.06. The Labute approximate surface area is 271 Å². The van der Waals surface area contributed by atoms with Crippen LogP contribution >= 0.6 is 0 Å². The molecule has 2 aromatic carbocycles. The molecule has 2 aromatic heterocycles. The smallest absolute Gasteiger partial charge is 0.276 e. The number of carbonyl (C=O) groups excluding carboxylic acids is 3. The predicted octanol–water partition coefficient (Wildman–Crippen LogP) is 5.18. The minimum atomic E-state index is -0.476. The van der Waals surface area contributed by atoms with E-state index in [-0.39, 0.29) is 17.5 Å². The fourth-order valence-corrected chi connectivity index (χ4v) is 5.16. The van der Waals surface area contributed by atoms with Crippen molar-refractivity contribution < 1.29 is 18.8 Å². The fourth-order valence-electron chi connectivity index (χ4n) is 5.16. The first-order valence-corrected chi connectivity index (χ1v) is 15.3. The molecule has 5 rings (SSSR count). The van der Waals surface area contributed by atoms with Gasteiger partial charge in [0.15, 0.2) is 5.71 Å². The van der Waals surface area contributed by atoms with Crippen LogP contribution in [0.3, 0.4) is 0 Å². The maximum Gasteiger partial charge on any atom is 0.276 e. The molecule has 242 valence electrons. The average Bonchev–Trinajstić information content (AvgIpc) is 3.52. The number of aromatic nitrogens is 2. The third-order valence-electron chi connectivity index (χ3n) is 7.68. The summed E-state index contributed by atoms with van der Waals surface area (Å²) in [5.74, 6) is -0.709. The van der Waals surface area contributed by atoms with Gasteiger partial charge in [0.1, 0.15) is 11.6 Å². The van der Waals surface area contributed by atoms with E-state index in [1.807, 2.05) is 6.92 Å². The lowest BCUT2D eigenvalue weighted by atomic mass is 10.1. The van der Waals surface area contributed by atoms with Crippen LogP contribution in [0.5, 0.6) is 0 Å². The molecule has 4 aromatic rings. The number of benzene rings is 2. The van der Waals surface area contributed by atoms with Gasteiger partial charge in [-0.15, -0.1) is 5.10 Å². The molecule has 7 N–H and O–H groups in total. The van der Waals surface area contributed by atoms with E-state index >= 15 is 0 Å². The van der Waals surface area contributed by atoms with Crippen LogP contribution in [0.2, 0.25) is 0 Å². The van der Waals surface area contributed by atoms with Crippen LogP contribution in [0.1, 0.15) is 68.9 Å². The molecule has 0 radical (unpaired) electrons.